The average Bonchev–Trinajstić information content (AvgIpc) is 2.14. The molecular formula is C12H21N. The number of nitrogens with two attached hydrogens (primary N) is 1. The lowest BCUT2D eigenvalue weighted by atomic mass is 9.48. The predicted molar refractivity (Wildman–Crippen MR) is 56.4 cm³/mol. The van der Waals surface area contributed by atoms with Gasteiger partial charge in [-0.25, -0.2) is 0 Å². The second kappa shape index (κ2) is 3.13. The van der Waals surface area contributed by atoms with Gasteiger partial charge in [-0.05, 0) is 49.5 Å². The van der Waals surface area contributed by atoms with Crippen LogP contribution in [-0.4, -0.2) is 6.54 Å². The van der Waals surface area contributed by atoms with E-state index in [1.165, 1.54) is 25.7 Å². The quantitative estimate of drug-likeness (QED) is 0.662. The fourth-order valence-electron chi connectivity index (χ4n) is 3.06. The lowest BCUT2D eigenvalue weighted by Gasteiger charge is -2.56. The lowest BCUT2D eigenvalue weighted by Crippen LogP contribution is -2.48. The van der Waals surface area contributed by atoms with Crippen LogP contribution in [0.4, 0.5) is 0 Å². The molecule has 0 aromatic heterocycles. The first kappa shape index (κ1) is 9.26. The van der Waals surface area contributed by atoms with Crippen LogP contribution < -0.4 is 5.73 Å². The molecule has 1 nitrogen and oxygen atoms in total. The normalized spacial score (nSPS) is 35.2. The molecule has 2 bridgehead atoms. The van der Waals surface area contributed by atoms with Crippen LogP contribution in [0.3, 0.4) is 0 Å². The summed E-state index contributed by atoms with van der Waals surface area (Å²) >= 11 is 0. The van der Waals surface area contributed by atoms with Crippen molar-refractivity contribution in [3.05, 3.63) is 11.6 Å². The average molecular weight is 179 g/mol. The number of rotatable bonds is 3. The van der Waals surface area contributed by atoms with E-state index < -0.39 is 0 Å². The van der Waals surface area contributed by atoms with Gasteiger partial charge in [0.2, 0.25) is 0 Å². The van der Waals surface area contributed by atoms with Crippen LogP contribution in [0.1, 0.15) is 39.5 Å². The molecule has 3 rings (SSSR count). The van der Waals surface area contributed by atoms with E-state index in [0.29, 0.717) is 5.41 Å². The van der Waals surface area contributed by atoms with Crippen molar-refractivity contribution < 1.29 is 0 Å². The standard InChI is InChI=1S/C12H21N/c1-12(2)10-6-5-9(4-3-7-13)11(12)8-10/h5,10-11H,3-4,6-8,13H2,1-2H3. The summed E-state index contributed by atoms with van der Waals surface area (Å²) in [5.41, 5.74) is 7.85. The Morgan fingerprint density at radius 2 is 2.31 bits per heavy atom. The van der Waals surface area contributed by atoms with Gasteiger partial charge in [0.15, 0.2) is 0 Å². The van der Waals surface area contributed by atoms with Crippen LogP contribution in [0.2, 0.25) is 0 Å². The number of fused-ring (bicyclic) bond motifs is 1. The summed E-state index contributed by atoms with van der Waals surface area (Å²) in [7, 11) is 0. The van der Waals surface area contributed by atoms with Gasteiger partial charge >= 0.3 is 0 Å². The van der Waals surface area contributed by atoms with Gasteiger partial charge in [0.1, 0.15) is 0 Å². The smallest absolute Gasteiger partial charge is 0.00742 e. The summed E-state index contributed by atoms with van der Waals surface area (Å²) in [6, 6.07) is 0. The number of hydrogen-bond donors (Lipinski definition) is 1. The van der Waals surface area contributed by atoms with E-state index in [-0.39, 0.29) is 0 Å². The van der Waals surface area contributed by atoms with Gasteiger partial charge in [-0.2, -0.15) is 0 Å². The molecule has 74 valence electrons. The Balaban J connectivity index is 2.01. The molecular weight excluding hydrogens is 158 g/mol. The zero-order valence-corrected chi connectivity index (χ0v) is 8.84. The molecule has 13 heavy (non-hydrogen) atoms. The highest BCUT2D eigenvalue weighted by Crippen LogP contribution is 2.59. The highest BCUT2D eigenvalue weighted by Gasteiger charge is 2.50. The Kier molecular flexibility index (Phi) is 2.23. The summed E-state index contributed by atoms with van der Waals surface area (Å²) < 4.78 is 0. The van der Waals surface area contributed by atoms with Crippen molar-refractivity contribution in [1.29, 1.82) is 0 Å². The molecule has 1 heteroatoms. The van der Waals surface area contributed by atoms with Crippen LogP contribution in [0.25, 0.3) is 0 Å². The van der Waals surface area contributed by atoms with Gasteiger partial charge in [0.05, 0.1) is 0 Å². The highest BCUT2D eigenvalue weighted by atomic mass is 14.6. The molecule has 0 aliphatic heterocycles. The molecule has 0 aromatic carbocycles. The van der Waals surface area contributed by atoms with Crippen LogP contribution in [0, 0.1) is 17.3 Å². The van der Waals surface area contributed by atoms with E-state index in [4.69, 9.17) is 5.73 Å². The summed E-state index contributed by atoms with van der Waals surface area (Å²) in [4.78, 5) is 0. The second-order valence-corrected chi connectivity index (χ2v) is 5.21. The van der Waals surface area contributed by atoms with Crippen molar-refractivity contribution in [2.75, 3.05) is 6.54 Å². The Hall–Kier alpha value is -0.300. The molecule has 2 atom stereocenters. The molecule has 0 radical (unpaired) electrons. The Bertz CT molecular complexity index is 227. The minimum absolute atomic E-state index is 0.596. The zero-order valence-electron chi connectivity index (χ0n) is 8.84. The first-order valence-corrected chi connectivity index (χ1v) is 5.55. The predicted octanol–water partition coefficient (Wildman–Crippen LogP) is 2.72. The summed E-state index contributed by atoms with van der Waals surface area (Å²) in [6.07, 6.45) is 7.67. The minimum Gasteiger partial charge on any atom is -0.330 e. The summed E-state index contributed by atoms with van der Waals surface area (Å²) in [5, 5.41) is 0. The molecule has 1 fully saturated rings. The second-order valence-electron chi connectivity index (χ2n) is 5.21. The monoisotopic (exact) mass is 179 g/mol. The van der Waals surface area contributed by atoms with Crippen molar-refractivity contribution in [2.45, 2.75) is 39.5 Å². The molecule has 0 amide bonds. The lowest BCUT2D eigenvalue weighted by molar-refractivity contribution is -0.00829. The van der Waals surface area contributed by atoms with Crippen molar-refractivity contribution >= 4 is 0 Å². The van der Waals surface area contributed by atoms with Gasteiger partial charge in [-0.15, -0.1) is 0 Å². The first-order chi connectivity index (χ1) is 6.16. The molecule has 0 heterocycles. The molecule has 0 aromatic rings. The molecule has 1 saturated carbocycles. The maximum absolute atomic E-state index is 5.54. The fraction of sp³-hybridized carbons (Fsp3) is 0.833. The Morgan fingerprint density at radius 3 is 2.85 bits per heavy atom. The van der Waals surface area contributed by atoms with Crippen LogP contribution >= 0.6 is 0 Å². The SMILES string of the molecule is CC1(C)C2CC=C(CCCN)C1C2. The van der Waals surface area contributed by atoms with Gasteiger partial charge < -0.3 is 5.73 Å². The number of hydrogen-bond acceptors (Lipinski definition) is 1. The molecule has 3 aliphatic rings. The van der Waals surface area contributed by atoms with E-state index >= 15 is 0 Å². The third-order valence-corrected chi connectivity index (χ3v) is 4.25. The maximum Gasteiger partial charge on any atom is -0.00742 e. The maximum atomic E-state index is 5.54. The Morgan fingerprint density at radius 1 is 1.54 bits per heavy atom. The van der Waals surface area contributed by atoms with Crippen LogP contribution in [0.5, 0.6) is 0 Å². The largest absolute Gasteiger partial charge is 0.330 e. The molecule has 3 aliphatic carbocycles. The summed E-state index contributed by atoms with van der Waals surface area (Å²) in [6.45, 7) is 5.70. The molecule has 0 spiro atoms. The third-order valence-electron chi connectivity index (χ3n) is 4.25. The first-order valence-electron chi connectivity index (χ1n) is 5.55. The minimum atomic E-state index is 0.596. The van der Waals surface area contributed by atoms with Gasteiger partial charge in [-0.3, -0.25) is 0 Å². The van der Waals surface area contributed by atoms with Crippen molar-refractivity contribution in [1.82, 2.24) is 0 Å². The van der Waals surface area contributed by atoms with E-state index in [0.717, 1.165) is 18.4 Å². The van der Waals surface area contributed by atoms with Gasteiger partial charge in [0, 0.05) is 0 Å². The van der Waals surface area contributed by atoms with Crippen molar-refractivity contribution in [3.8, 4) is 0 Å². The van der Waals surface area contributed by atoms with Gasteiger partial charge in [0.25, 0.3) is 0 Å². The highest BCUT2D eigenvalue weighted by molar-refractivity contribution is 5.23. The van der Waals surface area contributed by atoms with E-state index in [1.807, 2.05) is 0 Å². The molecule has 0 saturated heterocycles. The van der Waals surface area contributed by atoms with Crippen LogP contribution in [-0.2, 0) is 0 Å². The van der Waals surface area contributed by atoms with E-state index in [2.05, 4.69) is 19.9 Å². The van der Waals surface area contributed by atoms with Crippen LogP contribution in [0.15, 0.2) is 11.6 Å². The fourth-order valence-corrected chi connectivity index (χ4v) is 3.06. The molecule has 2 N–H and O–H groups in total. The zero-order chi connectivity index (χ0) is 9.47. The molecule has 2 unspecified atom stereocenters. The van der Waals surface area contributed by atoms with E-state index in [9.17, 15) is 0 Å². The van der Waals surface area contributed by atoms with Crippen molar-refractivity contribution in [3.63, 3.8) is 0 Å². The summed E-state index contributed by atoms with van der Waals surface area (Å²) in [5.74, 6) is 1.86. The number of allylic oxidation sites excluding steroid dienone is 2. The van der Waals surface area contributed by atoms with Crippen molar-refractivity contribution in [2.24, 2.45) is 23.0 Å². The Labute approximate surface area is 81.4 Å². The van der Waals surface area contributed by atoms with Gasteiger partial charge in [-0.1, -0.05) is 25.5 Å². The topological polar surface area (TPSA) is 26.0 Å². The van der Waals surface area contributed by atoms with E-state index in [1.54, 1.807) is 5.57 Å². The third kappa shape index (κ3) is 1.34.